The maximum atomic E-state index is 10.5. The van der Waals surface area contributed by atoms with E-state index in [-0.39, 0.29) is 72.3 Å². The maximum Gasteiger partial charge on any atom is 1.00 e. The summed E-state index contributed by atoms with van der Waals surface area (Å²) in [6, 6.07) is 0. The number of allylic oxidation sites excluding steroid dienone is 10. The van der Waals surface area contributed by atoms with Crippen LogP contribution in [0.25, 0.3) is 0 Å². The Balaban J connectivity index is -0.00000162. The first-order valence-electron chi connectivity index (χ1n) is 6.28. The van der Waals surface area contributed by atoms with E-state index in [4.69, 9.17) is 0 Å². The van der Waals surface area contributed by atoms with Crippen LogP contribution in [0.1, 0.15) is 20.8 Å². The van der Waals surface area contributed by atoms with Crippen LogP contribution in [-0.4, -0.2) is 13.2 Å². The van der Waals surface area contributed by atoms with Gasteiger partial charge < -0.3 is 10.2 Å². The second kappa shape index (κ2) is 18.4. The zero-order valence-corrected chi connectivity index (χ0v) is 17.9. The number of rotatable bonds is 7. The largest absolute Gasteiger partial charge is 1.00 e. The molecule has 21 heavy (non-hydrogen) atoms. The van der Waals surface area contributed by atoms with E-state index >= 15 is 0 Å². The summed E-state index contributed by atoms with van der Waals surface area (Å²) in [6.45, 7) is 5.42. The van der Waals surface area contributed by atoms with Crippen LogP contribution in [0.2, 0.25) is 0 Å². The van der Waals surface area contributed by atoms with E-state index in [0.29, 0.717) is 0 Å². The molecule has 0 aromatic rings. The second-order valence-corrected chi connectivity index (χ2v) is 4.29. The SMILES string of the molecule is C\C(C=CC[O-])=C/C=C/C=C(C)/C=C/C=C(\C)C[O-].[Na+].[Na+]. The summed E-state index contributed by atoms with van der Waals surface area (Å²) < 4.78 is 0. The van der Waals surface area contributed by atoms with Gasteiger partial charge in [-0.2, -0.15) is 0 Å². The Bertz CT molecular complexity index is 428. The molecule has 0 N–H and O–H groups in total. The Morgan fingerprint density at radius 3 is 1.76 bits per heavy atom. The standard InChI is InChI=1S/C17H22O2.2Na/c1-15(10-6-11-17(3)14-19)8-4-5-9-16(2)12-7-13-18;;/h4-12H,13-14H2,1-3H3;;/q-2;2*+1/b5-4+,10-6+,12-7?,15-8+,16-9+,17-11+;;. The zero-order chi connectivity index (χ0) is 14.5. The third-order valence-electron chi connectivity index (χ3n) is 2.27. The molecule has 0 aromatic heterocycles. The van der Waals surface area contributed by atoms with Crippen LogP contribution >= 0.6 is 0 Å². The van der Waals surface area contributed by atoms with Crippen LogP contribution in [0.15, 0.2) is 71.4 Å². The van der Waals surface area contributed by atoms with E-state index in [1.807, 2.05) is 69.4 Å². The molecule has 0 bridgehead atoms. The third kappa shape index (κ3) is 18.3. The van der Waals surface area contributed by atoms with Crippen LogP contribution in [-0.2, 0) is 0 Å². The smallest absolute Gasteiger partial charge is 0.851 e. The molecular weight excluding hydrogens is 282 g/mol. The van der Waals surface area contributed by atoms with Gasteiger partial charge in [-0.1, -0.05) is 65.3 Å². The van der Waals surface area contributed by atoms with Gasteiger partial charge in [0.15, 0.2) is 0 Å². The minimum atomic E-state index is -0.186. The fourth-order valence-corrected chi connectivity index (χ4v) is 1.17. The molecule has 0 fully saturated rings. The van der Waals surface area contributed by atoms with Crippen LogP contribution in [0.4, 0.5) is 0 Å². The minimum Gasteiger partial charge on any atom is -0.851 e. The molecule has 4 heteroatoms. The van der Waals surface area contributed by atoms with Crippen LogP contribution < -0.4 is 69.3 Å². The quantitative estimate of drug-likeness (QED) is 0.358. The van der Waals surface area contributed by atoms with Gasteiger partial charge in [0.25, 0.3) is 0 Å². The summed E-state index contributed by atoms with van der Waals surface area (Å²) in [4.78, 5) is 0. The van der Waals surface area contributed by atoms with Crippen LogP contribution in [0.5, 0.6) is 0 Å². The Morgan fingerprint density at radius 2 is 1.29 bits per heavy atom. The Labute approximate surface area is 173 Å². The van der Waals surface area contributed by atoms with Crippen molar-refractivity contribution in [3.05, 3.63) is 71.4 Å². The van der Waals surface area contributed by atoms with Gasteiger partial charge in [-0.25, -0.2) is 0 Å². The van der Waals surface area contributed by atoms with Crippen molar-refractivity contribution in [1.29, 1.82) is 0 Å². The van der Waals surface area contributed by atoms with Gasteiger partial charge in [-0.15, -0.1) is 19.3 Å². The molecule has 0 saturated carbocycles. The van der Waals surface area contributed by atoms with Crippen molar-refractivity contribution >= 4 is 0 Å². The van der Waals surface area contributed by atoms with E-state index < -0.39 is 0 Å². The molecule has 2 nitrogen and oxygen atoms in total. The molecule has 0 aliphatic rings. The van der Waals surface area contributed by atoms with Crippen molar-refractivity contribution in [2.45, 2.75) is 20.8 Å². The van der Waals surface area contributed by atoms with Gasteiger partial charge in [-0.3, -0.25) is 0 Å². The van der Waals surface area contributed by atoms with Gasteiger partial charge in [-0.05, 0) is 20.8 Å². The van der Waals surface area contributed by atoms with Gasteiger partial charge in [0.05, 0.1) is 0 Å². The Morgan fingerprint density at radius 1 is 0.762 bits per heavy atom. The normalized spacial score (nSPS) is 13.9. The molecule has 0 atom stereocenters. The number of hydrogen-bond donors (Lipinski definition) is 0. The average Bonchev–Trinajstić information content (AvgIpc) is 2.41. The summed E-state index contributed by atoms with van der Waals surface area (Å²) in [5, 5.41) is 20.7. The molecule has 0 aliphatic carbocycles. The predicted octanol–water partition coefficient (Wildman–Crippen LogP) is -3.78. The first-order valence-corrected chi connectivity index (χ1v) is 6.28. The van der Waals surface area contributed by atoms with Crippen molar-refractivity contribution in [3.8, 4) is 0 Å². The first-order chi connectivity index (χ1) is 9.10. The fraction of sp³-hybridized carbons (Fsp3) is 0.294. The average molecular weight is 304 g/mol. The molecular formula is C17H22Na2O2. The Kier molecular flexibility index (Phi) is 23.0. The van der Waals surface area contributed by atoms with E-state index in [0.717, 1.165) is 16.7 Å². The third-order valence-corrected chi connectivity index (χ3v) is 2.27. The summed E-state index contributed by atoms with van der Waals surface area (Å²) in [5.41, 5.74) is 2.97. The zero-order valence-electron chi connectivity index (χ0n) is 13.9. The van der Waals surface area contributed by atoms with Crippen LogP contribution in [0, 0.1) is 0 Å². The molecule has 0 unspecified atom stereocenters. The minimum absolute atomic E-state index is 0. The van der Waals surface area contributed by atoms with Crippen molar-refractivity contribution < 1.29 is 69.3 Å². The topological polar surface area (TPSA) is 46.1 Å². The van der Waals surface area contributed by atoms with Crippen molar-refractivity contribution in [1.82, 2.24) is 0 Å². The number of hydrogen-bond acceptors (Lipinski definition) is 2. The van der Waals surface area contributed by atoms with Crippen molar-refractivity contribution in [2.24, 2.45) is 0 Å². The summed E-state index contributed by atoms with van der Waals surface area (Å²) in [7, 11) is 0. The summed E-state index contributed by atoms with van der Waals surface area (Å²) >= 11 is 0. The van der Waals surface area contributed by atoms with Gasteiger partial charge in [0.1, 0.15) is 0 Å². The van der Waals surface area contributed by atoms with Gasteiger partial charge >= 0.3 is 59.1 Å². The molecule has 0 saturated heterocycles. The summed E-state index contributed by atoms with van der Waals surface area (Å²) in [5.74, 6) is 0. The summed E-state index contributed by atoms with van der Waals surface area (Å²) in [6.07, 6.45) is 16.9. The van der Waals surface area contributed by atoms with Crippen molar-refractivity contribution in [3.63, 3.8) is 0 Å². The molecule has 0 amide bonds. The molecule has 104 valence electrons. The van der Waals surface area contributed by atoms with Crippen LogP contribution in [0.3, 0.4) is 0 Å². The van der Waals surface area contributed by atoms with E-state index in [9.17, 15) is 10.2 Å². The Hall–Kier alpha value is 0.360. The molecule has 0 aromatic carbocycles. The van der Waals surface area contributed by atoms with E-state index in [2.05, 4.69) is 0 Å². The van der Waals surface area contributed by atoms with Gasteiger partial charge in [0.2, 0.25) is 0 Å². The molecule has 0 rings (SSSR count). The maximum absolute atomic E-state index is 10.5. The van der Waals surface area contributed by atoms with E-state index in [1.54, 1.807) is 6.08 Å². The fourth-order valence-electron chi connectivity index (χ4n) is 1.17. The van der Waals surface area contributed by atoms with Crippen molar-refractivity contribution in [2.75, 3.05) is 13.2 Å². The molecule has 0 aliphatic heterocycles. The predicted molar refractivity (Wildman–Crippen MR) is 78.4 cm³/mol. The second-order valence-electron chi connectivity index (χ2n) is 4.29. The monoisotopic (exact) mass is 304 g/mol. The molecule has 0 heterocycles. The molecule has 0 radical (unpaired) electrons. The molecule has 0 spiro atoms. The first kappa shape index (κ1) is 26.3. The van der Waals surface area contributed by atoms with E-state index in [1.165, 1.54) is 0 Å². The van der Waals surface area contributed by atoms with Gasteiger partial charge in [0, 0.05) is 0 Å².